The van der Waals surface area contributed by atoms with Crippen LogP contribution in [0.2, 0.25) is 0 Å². The van der Waals surface area contributed by atoms with Gasteiger partial charge in [0, 0.05) is 12.1 Å². The van der Waals surface area contributed by atoms with Crippen LogP contribution in [0.5, 0.6) is 11.5 Å². The van der Waals surface area contributed by atoms with Crippen molar-refractivity contribution in [2.75, 3.05) is 32.2 Å². The zero-order valence-corrected chi connectivity index (χ0v) is 25.6. The fraction of sp³-hybridized carbons (Fsp3) is 0.194. The van der Waals surface area contributed by atoms with Crippen molar-refractivity contribution in [1.29, 1.82) is 0 Å². The second kappa shape index (κ2) is 15.1. The fourth-order valence-corrected chi connectivity index (χ4v) is 4.52. The Hall–Kier alpha value is -6.57. The van der Waals surface area contributed by atoms with Crippen LogP contribution in [-0.4, -0.2) is 84.4 Å². The number of hydrogen-bond acceptors (Lipinski definition) is 15. The van der Waals surface area contributed by atoms with E-state index < -0.39 is 40.4 Å². The minimum absolute atomic E-state index is 0.0105. The third-order valence-electron chi connectivity index (χ3n) is 6.68. The molecule has 0 aliphatic rings. The molecule has 6 rings (SSSR count). The average Bonchev–Trinajstić information content (AvgIpc) is 3.49. The summed E-state index contributed by atoms with van der Waals surface area (Å²) in [4.78, 5) is 68.4. The third kappa shape index (κ3) is 7.76. The maximum Gasteiger partial charge on any atom is 0.371 e. The molecule has 2 aromatic carbocycles. The van der Waals surface area contributed by atoms with E-state index in [0.717, 1.165) is 12.1 Å². The van der Waals surface area contributed by atoms with E-state index in [1.165, 1.54) is 47.3 Å². The molecule has 0 aliphatic heterocycles. The number of nitrogen functional groups attached to an aromatic ring is 1. The zero-order valence-electron chi connectivity index (χ0n) is 25.6. The molecule has 4 heterocycles. The zero-order chi connectivity index (χ0) is 35.9. The van der Waals surface area contributed by atoms with Gasteiger partial charge in [-0.25, -0.2) is 14.6 Å². The molecule has 19 heteroatoms. The molecule has 7 N–H and O–H groups in total. The van der Waals surface area contributed by atoms with Crippen LogP contribution in [-0.2, 0) is 11.5 Å². The van der Waals surface area contributed by atoms with Crippen molar-refractivity contribution in [3.05, 3.63) is 97.2 Å². The highest BCUT2D eigenvalue weighted by Crippen LogP contribution is 2.25. The second-order valence-corrected chi connectivity index (χ2v) is 10.2. The number of hydrogen-bond donors (Lipinski definition) is 6. The van der Waals surface area contributed by atoms with Gasteiger partial charge in [-0.3, -0.25) is 23.9 Å². The van der Waals surface area contributed by atoms with Gasteiger partial charge in [0.15, 0.2) is 22.0 Å². The summed E-state index contributed by atoms with van der Waals surface area (Å²) in [6.07, 6.45) is 0.241. The first-order valence-corrected chi connectivity index (χ1v) is 14.4. The van der Waals surface area contributed by atoms with Crippen LogP contribution in [0, 0.1) is 0 Å². The fourth-order valence-electron chi connectivity index (χ4n) is 4.52. The Morgan fingerprint density at radius 2 is 1.44 bits per heavy atom. The number of H-pyrrole nitrogens is 1. The molecule has 0 amide bonds. The maximum atomic E-state index is 12.3. The minimum atomic E-state index is -1.39. The van der Waals surface area contributed by atoms with E-state index in [2.05, 4.69) is 15.0 Å². The lowest BCUT2D eigenvalue weighted by atomic mass is 10.2. The van der Waals surface area contributed by atoms with Crippen LogP contribution in [0.3, 0.4) is 0 Å². The quantitative estimate of drug-likeness (QED) is 0.0965. The summed E-state index contributed by atoms with van der Waals surface area (Å²) in [6.45, 7) is -0.308. The molecule has 0 bridgehead atoms. The minimum Gasteiger partial charge on any atom is -0.490 e. The SMILES string of the molecule is Nc1nc2c(ncn2COCCO)c(=O)[nH]1.O=C(O)c1cc(=O)c2c(OCC(O)COc3cccc4oc(C(=O)O)cc(=O)c34)cccc2o1. The molecule has 0 saturated carbocycles. The number of carboxylic acid groups (broad SMARTS) is 2. The highest BCUT2D eigenvalue weighted by Gasteiger charge is 2.18. The topological polar surface area (TPSA) is 293 Å². The second-order valence-electron chi connectivity index (χ2n) is 10.2. The number of aromatic amines is 1. The van der Waals surface area contributed by atoms with Gasteiger partial charge in [-0.2, -0.15) is 4.98 Å². The Bertz CT molecular complexity index is 2260. The number of nitrogens with one attached hydrogen (secondary N) is 1. The standard InChI is InChI=1S/C23H16O11.C8H11N5O3/c24-11(9-31-14-3-1-5-16-20(14)12(25)7-18(33-16)22(27)28)10-32-15-4-2-6-17-21(15)13(26)8-19(34-17)23(29)30;9-8-11-6-5(7(15)12-8)10-3-13(6)4-16-2-1-14/h1-8,11,24H,9-10H2,(H,27,28)(H,29,30);3,14H,1-2,4H2,(H3,9,11,12,15). The number of imidazole rings is 1. The van der Waals surface area contributed by atoms with E-state index in [1.807, 2.05) is 0 Å². The van der Waals surface area contributed by atoms with E-state index in [4.69, 9.17) is 44.1 Å². The highest BCUT2D eigenvalue weighted by molar-refractivity contribution is 5.90. The molecule has 0 aliphatic carbocycles. The predicted octanol–water partition coefficient (Wildman–Crippen LogP) is 0.783. The van der Waals surface area contributed by atoms with Gasteiger partial charge in [-0.05, 0) is 24.3 Å². The van der Waals surface area contributed by atoms with E-state index in [0.29, 0.717) is 5.65 Å². The molecule has 0 atom stereocenters. The molecule has 0 spiro atoms. The van der Waals surface area contributed by atoms with Crippen molar-refractivity contribution in [3.8, 4) is 11.5 Å². The molecule has 0 unspecified atom stereocenters. The lowest BCUT2D eigenvalue weighted by Crippen LogP contribution is -2.25. The number of aromatic carboxylic acids is 2. The number of fused-ring (bicyclic) bond motifs is 3. The van der Waals surface area contributed by atoms with Gasteiger partial charge in [-0.1, -0.05) is 12.1 Å². The maximum absolute atomic E-state index is 12.3. The normalized spacial score (nSPS) is 11.1. The van der Waals surface area contributed by atoms with Crippen molar-refractivity contribution in [1.82, 2.24) is 19.5 Å². The molecular weight excluding hydrogens is 666 g/mol. The lowest BCUT2D eigenvalue weighted by Gasteiger charge is -2.15. The number of anilines is 1. The largest absolute Gasteiger partial charge is 0.490 e. The number of carbonyl (C=O) groups is 2. The summed E-state index contributed by atoms with van der Waals surface area (Å²) in [5, 5.41) is 36.9. The van der Waals surface area contributed by atoms with E-state index >= 15 is 0 Å². The number of aliphatic hydroxyl groups excluding tert-OH is 2. The first-order valence-electron chi connectivity index (χ1n) is 14.4. The van der Waals surface area contributed by atoms with Gasteiger partial charge >= 0.3 is 11.9 Å². The molecule has 50 heavy (non-hydrogen) atoms. The number of nitrogens with two attached hydrogens (primary N) is 1. The Balaban J connectivity index is 0.000000253. The summed E-state index contributed by atoms with van der Waals surface area (Å²) in [6, 6.07) is 10.4. The molecule has 0 saturated heterocycles. The van der Waals surface area contributed by atoms with E-state index in [1.54, 1.807) is 0 Å². The molecule has 4 aromatic heterocycles. The molecule has 0 fully saturated rings. The Labute approximate surface area is 277 Å². The number of aromatic nitrogens is 4. The van der Waals surface area contributed by atoms with Crippen LogP contribution in [0.4, 0.5) is 5.95 Å². The van der Waals surface area contributed by atoms with Gasteiger partial charge in [0.2, 0.25) is 17.5 Å². The highest BCUT2D eigenvalue weighted by atomic mass is 16.5. The van der Waals surface area contributed by atoms with Gasteiger partial charge in [0.05, 0.1) is 19.5 Å². The molecule has 6 aromatic rings. The molecule has 19 nitrogen and oxygen atoms in total. The monoisotopic (exact) mass is 693 g/mol. The van der Waals surface area contributed by atoms with Crippen molar-refractivity contribution < 1.29 is 53.1 Å². The van der Waals surface area contributed by atoms with Crippen molar-refractivity contribution in [3.63, 3.8) is 0 Å². The van der Waals surface area contributed by atoms with Crippen LogP contribution >= 0.6 is 0 Å². The van der Waals surface area contributed by atoms with E-state index in [-0.39, 0.29) is 83.6 Å². The smallest absolute Gasteiger partial charge is 0.371 e. The van der Waals surface area contributed by atoms with E-state index in [9.17, 15) is 29.1 Å². The summed E-state index contributed by atoms with van der Waals surface area (Å²) < 4.78 is 28.1. The number of aliphatic hydroxyl groups is 2. The molecular formula is C31H27N5O14. The summed E-state index contributed by atoms with van der Waals surface area (Å²) in [5.41, 5.74) is 4.38. The summed E-state index contributed by atoms with van der Waals surface area (Å²) >= 11 is 0. The van der Waals surface area contributed by atoms with Gasteiger partial charge in [-0.15, -0.1) is 0 Å². The third-order valence-corrected chi connectivity index (χ3v) is 6.68. The number of benzene rings is 2. The summed E-state index contributed by atoms with van der Waals surface area (Å²) in [7, 11) is 0. The van der Waals surface area contributed by atoms with Crippen LogP contribution in [0.15, 0.2) is 78.1 Å². The van der Waals surface area contributed by atoms with Crippen molar-refractivity contribution in [2.45, 2.75) is 12.8 Å². The number of rotatable bonds is 12. The lowest BCUT2D eigenvalue weighted by molar-refractivity contribution is 0.0499. The number of carboxylic acids is 2. The van der Waals surface area contributed by atoms with Gasteiger partial charge in [0.25, 0.3) is 5.56 Å². The van der Waals surface area contributed by atoms with Gasteiger partial charge < -0.3 is 49.2 Å². The van der Waals surface area contributed by atoms with Crippen LogP contribution < -0.4 is 31.6 Å². The van der Waals surface area contributed by atoms with Crippen LogP contribution in [0.25, 0.3) is 33.1 Å². The predicted molar refractivity (Wildman–Crippen MR) is 171 cm³/mol. The Kier molecular flexibility index (Phi) is 10.5. The first-order chi connectivity index (χ1) is 24.0. The van der Waals surface area contributed by atoms with Gasteiger partial charge in [0.1, 0.15) is 59.5 Å². The number of ether oxygens (including phenoxy) is 3. The van der Waals surface area contributed by atoms with Crippen molar-refractivity contribution in [2.24, 2.45) is 0 Å². The summed E-state index contributed by atoms with van der Waals surface area (Å²) in [5.74, 6) is -3.62. The molecule has 260 valence electrons. The first kappa shape index (κ1) is 34.8. The average molecular weight is 694 g/mol. The van der Waals surface area contributed by atoms with Crippen molar-refractivity contribution >= 4 is 51.0 Å². The van der Waals surface area contributed by atoms with Crippen LogP contribution in [0.1, 0.15) is 21.1 Å². The Morgan fingerprint density at radius 1 is 0.900 bits per heavy atom. The number of nitrogens with zero attached hydrogens (tertiary/aromatic N) is 3. The Morgan fingerprint density at radius 3 is 1.94 bits per heavy atom. The molecule has 0 radical (unpaired) electrons.